The van der Waals surface area contributed by atoms with Crippen LogP contribution in [0.2, 0.25) is 0 Å². The molecule has 1 aromatic heterocycles. The Hall–Kier alpha value is -1.49. The van der Waals surface area contributed by atoms with Gasteiger partial charge in [0.25, 0.3) is 5.22 Å². The molecule has 1 fully saturated rings. The van der Waals surface area contributed by atoms with E-state index < -0.39 is 0 Å². The third kappa shape index (κ3) is 3.29. The molecule has 0 unspecified atom stereocenters. The zero-order chi connectivity index (χ0) is 15.7. The number of piperidine rings is 1. The summed E-state index contributed by atoms with van der Waals surface area (Å²) in [5.41, 5.74) is 1.61. The zero-order valence-electron chi connectivity index (χ0n) is 13.3. The maximum atomic E-state index is 12.6. The number of carbonyl (C=O) groups is 1. The van der Waals surface area contributed by atoms with Crippen LogP contribution in [0.15, 0.2) is 33.9 Å². The van der Waals surface area contributed by atoms with Gasteiger partial charge in [-0.25, -0.2) is 4.98 Å². The molecule has 3 atom stereocenters. The van der Waals surface area contributed by atoms with Crippen LogP contribution in [0.5, 0.6) is 0 Å². The Kier molecular flexibility index (Phi) is 4.43. The highest BCUT2D eigenvalue weighted by Crippen LogP contribution is 2.29. The van der Waals surface area contributed by atoms with Crippen LogP contribution in [-0.4, -0.2) is 34.1 Å². The van der Waals surface area contributed by atoms with Crippen LogP contribution >= 0.6 is 11.8 Å². The van der Waals surface area contributed by atoms with E-state index in [1.165, 1.54) is 18.2 Å². The van der Waals surface area contributed by atoms with Crippen molar-refractivity contribution >= 4 is 28.8 Å². The van der Waals surface area contributed by atoms with Crippen LogP contribution < -0.4 is 0 Å². The van der Waals surface area contributed by atoms with Gasteiger partial charge in [-0.05, 0) is 37.3 Å². The van der Waals surface area contributed by atoms with E-state index in [1.807, 2.05) is 36.1 Å². The average Bonchev–Trinajstić information content (AvgIpc) is 2.87. The fourth-order valence-corrected chi connectivity index (χ4v) is 4.04. The van der Waals surface area contributed by atoms with Crippen molar-refractivity contribution < 1.29 is 9.21 Å². The van der Waals surface area contributed by atoms with Gasteiger partial charge in [0.15, 0.2) is 5.58 Å². The summed E-state index contributed by atoms with van der Waals surface area (Å²) in [6.45, 7) is 8.10. The third-order valence-electron chi connectivity index (χ3n) is 4.08. The van der Waals surface area contributed by atoms with Crippen molar-refractivity contribution in [2.75, 3.05) is 13.1 Å². The number of thioether (sulfide) groups is 1. The number of oxazole rings is 1. The van der Waals surface area contributed by atoms with E-state index in [0.29, 0.717) is 17.1 Å². The topological polar surface area (TPSA) is 46.3 Å². The zero-order valence-corrected chi connectivity index (χ0v) is 14.1. The fraction of sp³-hybridized carbons (Fsp3) is 0.529. The summed E-state index contributed by atoms with van der Waals surface area (Å²) >= 11 is 1.40. The molecule has 0 saturated carbocycles. The standard InChI is InChI=1S/C17H22N2O2S/c1-11-8-12(2)10-19(9-11)16(20)13(3)22-17-18-14-6-4-5-7-15(14)21-17/h4-7,11-13H,8-10H2,1-3H3/t11-,12+,13-/m0/s1. The number of benzene rings is 1. The molecule has 0 N–H and O–H groups in total. The number of amides is 1. The lowest BCUT2D eigenvalue weighted by molar-refractivity contribution is -0.132. The van der Waals surface area contributed by atoms with Gasteiger partial charge in [0.2, 0.25) is 5.91 Å². The second-order valence-electron chi connectivity index (χ2n) is 6.40. The summed E-state index contributed by atoms with van der Waals surface area (Å²) in [6.07, 6.45) is 1.20. The Morgan fingerprint density at radius 1 is 1.32 bits per heavy atom. The van der Waals surface area contributed by atoms with E-state index in [9.17, 15) is 4.79 Å². The SMILES string of the molecule is C[C@@H]1C[C@H](C)CN(C(=O)[C@H](C)Sc2nc3ccccc3o2)C1. The number of nitrogens with zero attached hydrogens (tertiary/aromatic N) is 2. The number of aromatic nitrogens is 1. The first-order chi connectivity index (χ1) is 10.5. The van der Waals surface area contributed by atoms with Gasteiger partial charge in [-0.3, -0.25) is 4.79 Å². The van der Waals surface area contributed by atoms with E-state index in [-0.39, 0.29) is 11.2 Å². The Labute approximate surface area is 135 Å². The van der Waals surface area contributed by atoms with Gasteiger partial charge in [-0.2, -0.15) is 0 Å². The van der Waals surface area contributed by atoms with Crippen molar-refractivity contribution in [2.45, 2.75) is 37.7 Å². The molecule has 1 aromatic carbocycles. The quantitative estimate of drug-likeness (QED) is 0.807. The summed E-state index contributed by atoms with van der Waals surface area (Å²) in [5.74, 6) is 1.34. The van der Waals surface area contributed by atoms with Crippen LogP contribution in [-0.2, 0) is 4.79 Å². The van der Waals surface area contributed by atoms with Gasteiger partial charge >= 0.3 is 0 Å². The highest BCUT2D eigenvalue weighted by atomic mass is 32.2. The third-order valence-corrected chi connectivity index (χ3v) is 5.01. The van der Waals surface area contributed by atoms with E-state index in [4.69, 9.17) is 4.42 Å². The second kappa shape index (κ2) is 6.32. The minimum absolute atomic E-state index is 0.175. The molecule has 1 aliphatic heterocycles. The summed E-state index contributed by atoms with van der Waals surface area (Å²) in [5, 5.41) is 0.394. The molecular formula is C17H22N2O2S. The number of para-hydroxylation sites is 2. The number of hydrogen-bond donors (Lipinski definition) is 0. The van der Waals surface area contributed by atoms with Gasteiger partial charge in [0, 0.05) is 13.1 Å². The molecule has 4 nitrogen and oxygen atoms in total. The van der Waals surface area contributed by atoms with E-state index >= 15 is 0 Å². The summed E-state index contributed by atoms with van der Waals surface area (Å²) < 4.78 is 5.70. The Morgan fingerprint density at radius 3 is 2.68 bits per heavy atom. The lowest BCUT2D eigenvalue weighted by Crippen LogP contribution is -2.45. The van der Waals surface area contributed by atoms with Crippen LogP contribution in [0.1, 0.15) is 27.2 Å². The molecule has 1 aliphatic rings. The minimum atomic E-state index is -0.175. The molecule has 1 saturated heterocycles. The van der Waals surface area contributed by atoms with Crippen molar-refractivity contribution in [1.82, 2.24) is 9.88 Å². The molecule has 1 amide bonds. The second-order valence-corrected chi connectivity index (χ2v) is 7.69. The molecule has 0 bridgehead atoms. The van der Waals surface area contributed by atoms with E-state index in [0.717, 1.165) is 24.2 Å². The average molecular weight is 318 g/mol. The molecule has 0 radical (unpaired) electrons. The monoisotopic (exact) mass is 318 g/mol. The van der Waals surface area contributed by atoms with Crippen molar-refractivity contribution in [3.05, 3.63) is 24.3 Å². The number of carbonyl (C=O) groups excluding carboxylic acids is 1. The van der Waals surface area contributed by atoms with E-state index in [2.05, 4.69) is 18.8 Å². The van der Waals surface area contributed by atoms with Crippen LogP contribution in [0.4, 0.5) is 0 Å². The summed E-state index contributed by atoms with van der Waals surface area (Å²) in [6, 6.07) is 7.67. The Bertz CT molecular complexity index is 626. The van der Waals surface area contributed by atoms with Gasteiger partial charge in [0.1, 0.15) is 5.52 Å². The molecule has 0 spiro atoms. The minimum Gasteiger partial charge on any atom is -0.431 e. The lowest BCUT2D eigenvalue weighted by atomic mass is 9.92. The van der Waals surface area contributed by atoms with Crippen molar-refractivity contribution in [1.29, 1.82) is 0 Å². The number of hydrogen-bond acceptors (Lipinski definition) is 4. The predicted octanol–water partition coefficient (Wildman–Crippen LogP) is 3.81. The predicted molar refractivity (Wildman–Crippen MR) is 88.9 cm³/mol. The first kappa shape index (κ1) is 15.4. The molecule has 2 heterocycles. The van der Waals surface area contributed by atoms with Gasteiger partial charge in [-0.1, -0.05) is 37.7 Å². The lowest BCUT2D eigenvalue weighted by Gasteiger charge is -2.36. The molecular weight excluding hydrogens is 296 g/mol. The maximum absolute atomic E-state index is 12.6. The first-order valence-electron chi connectivity index (χ1n) is 7.84. The van der Waals surface area contributed by atoms with Gasteiger partial charge in [0.05, 0.1) is 5.25 Å². The normalized spacial score (nSPS) is 23.7. The van der Waals surface area contributed by atoms with Crippen molar-refractivity contribution in [3.8, 4) is 0 Å². The van der Waals surface area contributed by atoms with Crippen molar-refractivity contribution in [2.24, 2.45) is 11.8 Å². The highest BCUT2D eigenvalue weighted by molar-refractivity contribution is 8.00. The summed E-state index contributed by atoms with van der Waals surface area (Å²) in [7, 11) is 0. The maximum Gasteiger partial charge on any atom is 0.257 e. The van der Waals surface area contributed by atoms with Gasteiger partial charge in [-0.15, -0.1) is 0 Å². The Morgan fingerprint density at radius 2 is 2.00 bits per heavy atom. The smallest absolute Gasteiger partial charge is 0.257 e. The largest absolute Gasteiger partial charge is 0.431 e. The van der Waals surface area contributed by atoms with Crippen LogP contribution in [0.3, 0.4) is 0 Å². The van der Waals surface area contributed by atoms with Crippen LogP contribution in [0, 0.1) is 11.8 Å². The number of likely N-dealkylation sites (tertiary alicyclic amines) is 1. The molecule has 22 heavy (non-hydrogen) atoms. The number of fused-ring (bicyclic) bond motifs is 1. The highest BCUT2D eigenvalue weighted by Gasteiger charge is 2.29. The van der Waals surface area contributed by atoms with E-state index in [1.54, 1.807) is 0 Å². The van der Waals surface area contributed by atoms with Crippen LogP contribution in [0.25, 0.3) is 11.1 Å². The number of rotatable bonds is 3. The fourth-order valence-electron chi connectivity index (χ4n) is 3.20. The molecule has 118 valence electrons. The molecule has 3 rings (SSSR count). The summed E-state index contributed by atoms with van der Waals surface area (Å²) in [4.78, 5) is 19.1. The molecule has 0 aliphatic carbocycles. The molecule has 2 aromatic rings. The van der Waals surface area contributed by atoms with Crippen molar-refractivity contribution in [3.63, 3.8) is 0 Å². The Balaban J connectivity index is 1.68. The molecule has 5 heteroatoms. The first-order valence-corrected chi connectivity index (χ1v) is 8.72. The van der Waals surface area contributed by atoms with Gasteiger partial charge < -0.3 is 9.32 Å².